The monoisotopic (exact) mass is 393 g/mol. The van der Waals surface area contributed by atoms with Crippen LogP contribution in [-0.4, -0.2) is 69.9 Å². The number of halogens is 1. The summed E-state index contributed by atoms with van der Waals surface area (Å²) in [6.45, 7) is 5.06. The maximum atomic E-state index is 13.8. The fraction of sp³-hybridized carbons (Fsp3) is 0.600. The van der Waals surface area contributed by atoms with Crippen LogP contribution in [0.4, 0.5) is 14.9 Å². The molecule has 1 aliphatic rings. The molecule has 1 saturated heterocycles. The first-order chi connectivity index (χ1) is 13.5. The quantitative estimate of drug-likeness (QED) is 0.423. The van der Waals surface area contributed by atoms with Gasteiger partial charge in [-0.2, -0.15) is 0 Å². The molecule has 28 heavy (non-hydrogen) atoms. The molecule has 1 aromatic carbocycles. The van der Waals surface area contributed by atoms with E-state index in [1.54, 1.807) is 24.1 Å². The third-order valence-corrected chi connectivity index (χ3v) is 4.81. The van der Waals surface area contributed by atoms with Gasteiger partial charge in [-0.05, 0) is 38.3 Å². The number of hydrogen-bond acceptors (Lipinski definition) is 4. The minimum atomic E-state index is -0.234. The van der Waals surface area contributed by atoms with Crippen molar-refractivity contribution in [1.82, 2.24) is 15.5 Å². The maximum absolute atomic E-state index is 13.8. The Balaban J connectivity index is 1.67. The summed E-state index contributed by atoms with van der Waals surface area (Å²) in [5.41, 5.74) is 0.610. The average Bonchev–Trinajstić information content (AvgIpc) is 2.71. The molecule has 2 rings (SSSR count). The van der Waals surface area contributed by atoms with Crippen molar-refractivity contribution in [2.45, 2.75) is 32.2 Å². The summed E-state index contributed by atoms with van der Waals surface area (Å²) in [7, 11) is 3.64. The van der Waals surface area contributed by atoms with E-state index in [1.165, 1.54) is 6.07 Å². The van der Waals surface area contributed by atoms with E-state index in [9.17, 15) is 9.18 Å². The van der Waals surface area contributed by atoms with Gasteiger partial charge in [-0.3, -0.25) is 4.99 Å². The molecule has 156 valence electrons. The van der Waals surface area contributed by atoms with Crippen LogP contribution in [0.2, 0.25) is 0 Å². The van der Waals surface area contributed by atoms with Crippen LogP contribution in [0.3, 0.4) is 0 Å². The first-order valence-corrected chi connectivity index (χ1v) is 9.89. The number of para-hydroxylation sites is 1. The van der Waals surface area contributed by atoms with Gasteiger partial charge >= 0.3 is 6.09 Å². The molecule has 0 atom stereocenters. The molecule has 0 spiro atoms. The summed E-state index contributed by atoms with van der Waals surface area (Å²) in [5.74, 6) is 0.549. The van der Waals surface area contributed by atoms with Crippen LogP contribution in [0.15, 0.2) is 29.3 Å². The third kappa shape index (κ3) is 6.58. The molecule has 0 aliphatic carbocycles. The standard InChI is InChI=1S/C20H32FN5O2/c1-4-28-20(27)26-14-10-16(11-15-26)24-19(22-2)23-12-7-13-25(3)18-9-6-5-8-17(18)21/h5-6,8-9,16H,4,7,10-15H2,1-3H3,(H2,22,23,24). The van der Waals surface area contributed by atoms with Crippen LogP contribution in [0, 0.1) is 5.82 Å². The maximum Gasteiger partial charge on any atom is 0.409 e. The van der Waals surface area contributed by atoms with Crippen molar-refractivity contribution in [1.29, 1.82) is 0 Å². The lowest BCUT2D eigenvalue weighted by Gasteiger charge is -2.32. The molecular weight excluding hydrogens is 361 g/mol. The number of likely N-dealkylation sites (tertiary alicyclic amines) is 1. The summed E-state index contributed by atoms with van der Waals surface area (Å²) in [4.78, 5) is 19.7. The Bertz CT molecular complexity index is 647. The second-order valence-corrected chi connectivity index (χ2v) is 6.83. The molecule has 0 saturated carbocycles. The molecule has 1 aliphatic heterocycles. The fourth-order valence-corrected chi connectivity index (χ4v) is 3.21. The number of guanidine groups is 1. The zero-order valence-corrected chi connectivity index (χ0v) is 17.1. The number of nitrogens with one attached hydrogen (secondary N) is 2. The smallest absolute Gasteiger partial charge is 0.409 e. The molecule has 2 N–H and O–H groups in total. The molecule has 0 bridgehead atoms. The minimum absolute atomic E-state index is 0.204. The van der Waals surface area contributed by atoms with Crippen LogP contribution in [0.25, 0.3) is 0 Å². The second kappa shape index (κ2) is 11.4. The van der Waals surface area contributed by atoms with Gasteiger partial charge in [0.2, 0.25) is 0 Å². The Morgan fingerprint density at radius 1 is 1.36 bits per heavy atom. The van der Waals surface area contributed by atoms with Gasteiger partial charge in [-0.25, -0.2) is 9.18 Å². The summed E-state index contributed by atoms with van der Waals surface area (Å²) in [6.07, 6.45) is 2.33. The van der Waals surface area contributed by atoms with Crippen molar-refractivity contribution < 1.29 is 13.9 Å². The Labute approximate surface area is 166 Å². The van der Waals surface area contributed by atoms with Crippen LogP contribution < -0.4 is 15.5 Å². The Kier molecular flexibility index (Phi) is 8.84. The number of nitrogens with zero attached hydrogens (tertiary/aromatic N) is 3. The zero-order valence-electron chi connectivity index (χ0n) is 17.1. The van der Waals surface area contributed by atoms with Gasteiger partial charge in [0.05, 0.1) is 12.3 Å². The highest BCUT2D eigenvalue weighted by Crippen LogP contribution is 2.16. The molecule has 1 heterocycles. The molecule has 8 heteroatoms. The second-order valence-electron chi connectivity index (χ2n) is 6.83. The van der Waals surface area contributed by atoms with Gasteiger partial charge in [0.25, 0.3) is 0 Å². The van der Waals surface area contributed by atoms with E-state index < -0.39 is 0 Å². The lowest BCUT2D eigenvalue weighted by Crippen LogP contribution is -2.50. The number of carbonyl (C=O) groups excluding carboxylic acids is 1. The number of benzene rings is 1. The van der Waals surface area contributed by atoms with Crippen LogP contribution >= 0.6 is 0 Å². The van der Waals surface area contributed by atoms with Crippen LogP contribution in [-0.2, 0) is 4.74 Å². The number of amides is 1. The Morgan fingerprint density at radius 3 is 2.71 bits per heavy atom. The lowest BCUT2D eigenvalue weighted by molar-refractivity contribution is 0.0963. The van der Waals surface area contributed by atoms with E-state index >= 15 is 0 Å². The minimum Gasteiger partial charge on any atom is -0.450 e. The molecule has 7 nitrogen and oxygen atoms in total. The first kappa shape index (κ1) is 21.8. The predicted octanol–water partition coefficient (Wildman–Crippen LogP) is 2.44. The molecule has 1 amide bonds. The highest BCUT2D eigenvalue weighted by molar-refractivity contribution is 5.80. The van der Waals surface area contributed by atoms with Crippen molar-refractivity contribution in [3.05, 3.63) is 30.1 Å². The number of hydrogen-bond donors (Lipinski definition) is 2. The summed E-state index contributed by atoms with van der Waals surface area (Å²) in [5, 5.41) is 6.72. The van der Waals surface area contributed by atoms with Gasteiger partial charge in [0, 0.05) is 46.3 Å². The van der Waals surface area contributed by atoms with E-state index in [2.05, 4.69) is 15.6 Å². The average molecular weight is 394 g/mol. The Morgan fingerprint density at radius 2 is 2.07 bits per heavy atom. The van der Waals surface area contributed by atoms with Gasteiger partial charge in [0.1, 0.15) is 5.82 Å². The number of aliphatic imine (C=N–C) groups is 1. The highest BCUT2D eigenvalue weighted by Gasteiger charge is 2.23. The van der Waals surface area contributed by atoms with Gasteiger partial charge in [0.15, 0.2) is 5.96 Å². The van der Waals surface area contributed by atoms with Crippen molar-refractivity contribution >= 4 is 17.7 Å². The van der Waals surface area contributed by atoms with Gasteiger partial charge < -0.3 is 25.2 Å². The third-order valence-electron chi connectivity index (χ3n) is 4.81. The van der Waals surface area contributed by atoms with E-state index in [-0.39, 0.29) is 18.0 Å². The summed E-state index contributed by atoms with van der Waals surface area (Å²) >= 11 is 0. The van der Waals surface area contributed by atoms with Gasteiger partial charge in [-0.1, -0.05) is 12.1 Å². The molecule has 0 radical (unpaired) electrons. The molecule has 1 fully saturated rings. The number of carbonyl (C=O) groups is 1. The van der Waals surface area contributed by atoms with Crippen LogP contribution in [0.1, 0.15) is 26.2 Å². The molecule has 0 aromatic heterocycles. The summed E-state index contributed by atoms with van der Waals surface area (Å²) in [6, 6.07) is 7.07. The normalized spacial score (nSPS) is 15.3. The van der Waals surface area contributed by atoms with E-state index in [4.69, 9.17) is 4.74 Å². The number of rotatable bonds is 7. The molecular formula is C20H32FN5O2. The zero-order chi connectivity index (χ0) is 20.4. The van der Waals surface area contributed by atoms with E-state index in [1.807, 2.05) is 24.9 Å². The van der Waals surface area contributed by atoms with Crippen molar-refractivity contribution in [3.8, 4) is 0 Å². The topological polar surface area (TPSA) is 69.2 Å². The van der Waals surface area contributed by atoms with Gasteiger partial charge in [-0.15, -0.1) is 0 Å². The molecule has 1 aromatic rings. The number of anilines is 1. The largest absolute Gasteiger partial charge is 0.450 e. The lowest BCUT2D eigenvalue weighted by atomic mass is 10.1. The van der Waals surface area contributed by atoms with E-state index in [0.717, 1.165) is 38.3 Å². The summed E-state index contributed by atoms with van der Waals surface area (Å²) < 4.78 is 18.8. The van der Waals surface area contributed by atoms with E-state index in [0.29, 0.717) is 25.4 Å². The SMILES string of the molecule is CCOC(=O)N1CCC(NC(=NC)NCCCN(C)c2ccccc2F)CC1. The first-order valence-electron chi connectivity index (χ1n) is 9.89. The highest BCUT2D eigenvalue weighted by atomic mass is 19.1. The number of piperidine rings is 1. The molecule has 0 unspecified atom stereocenters. The number of ether oxygens (including phenoxy) is 1. The Hall–Kier alpha value is -2.51. The van der Waals surface area contributed by atoms with Crippen LogP contribution in [0.5, 0.6) is 0 Å². The van der Waals surface area contributed by atoms with Crippen molar-refractivity contribution in [2.24, 2.45) is 4.99 Å². The fourth-order valence-electron chi connectivity index (χ4n) is 3.21. The predicted molar refractivity (Wildman–Crippen MR) is 110 cm³/mol. The van der Waals surface area contributed by atoms with Crippen molar-refractivity contribution in [3.63, 3.8) is 0 Å². The van der Waals surface area contributed by atoms with Crippen molar-refractivity contribution in [2.75, 3.05) is 51.8 Å².